The molecule has 1 unspecified atom stereocenters. The number of nitrogens with zero attached hydrogens (tertiary/aromatic N) is 1. The summed E-state index contributed by atoms with van der Waals surface area (Å²) in [4.78, 5) is 14.3. The Balaban J connectivity index is 1.79. The van der Waals surface area contributed by atoms with Crippen LogP contribution in [0.5, 0.6) is 5.75 Å². The van der Waals surface area contributed by atoms with Crippen molar-refractivity contribution < 1.29 is 9.53 Å². The van der Waals surface area contributed by atoms with E-state index in [-0.39, 0.29) is 5.91 Å². The van der Waals surface area contributed by atoms with Gasteiger partial charge in [-0.2, -0.15) is 0 Å². The zero-order valence-corrected chi connectivity index (χ0v) is 12.6. The Labute approximate surface area is 121 Å². The molecule has 0 aromatic heterocycles. The zero-order chi connectivity index (χ0) is 14.4. The molecule has 1 fully saturated rings. The van der Waals surface area contributed by atoms with Crippen LogP contribution in [0.4, 0.5) is 0 Å². The first-order chi connectivity index (χ1) is 9.70. The summed E-state index contributed by atoms with van der Waals surface area (Å²) in [5, 5.41) is 0. The summed E-state index contributed by atoms with van der Waals surface area (Å²) in [5.74, 6) is 1.09. The topological polar surface area (TPSA) is 29.5 Å². The lowest BCUT2D eigenvalue weighted by Crippen LogP contribution is -2.43. The summed E-state index contributed by atoms with van der Waals surface area (Å²) in [6.45, 7) is 5.59. The van der Waals surface area contributed by atoms with E-state index in [1.807, 2.05) is 31.2 Å². The van der Waals surface area contributed by atoms with Crippen molar-refractivity contribution >= 4 is 5.91 Å². The lowest BCUT2D eigenvalue weighted by molar-refractivity contribution is -0.135. The maximum Gasteiger partial charge on any atom is 0.226 e. The lowest BCUT2D eigenvalue weighted by atomic mass is 10.00. The van der Waals surface area contributed by atoms with Gasteiger partial charge < -0.3 is 9.64 Å². The molecular weight excluding hydrogens is 250 g/mol. The van der Waals surface area contributed by atoms with Gasteiger partial charge in [-0.3, -0.25) is 4.79 Å². The van der Waals surface area contributed by atoms with Gasteiger partial charge in [0.2, 0.25) is 5.91 Å². The van der Waals surface area contributed by atoms with Crippen LogP contribution < -0.4 is 4.74 Å². The molecule has 0 radical (unpaired) electrons. The van der Waals surface area contributed by atoms with Crippen molar-refractivity contribution in [2.75, 3.05) is 13.2 Å². The van der Waals surface area contributed by atoms with Gasteiger partial charge in [0, 0.05) is 12.6 Å². The first-order valence-electron chi connectivity index (χ1n) is 7.69. The fourth-order valence-corrected chi connectivity index (χ4v) is 2.86. The molecule has 1 aliphatic heterocycles. The van der Waals surface area contributed by atoms with Crippen molar-refractivity contribution in [2.45, 2.75) is 52.0 Å². The highest BCUT2D eigenvalue weighted by Gasteiger charge is 2.24. The van der Waals surface area contributed by atoms with E-state index in [9.17, 15) is 4.79 Å². The predicted molar refractivity (Wildman–Crippen MR) is 80.9 cm³/mol. The Morgan fingerprint density at radius 1 is 1.40 bits per heavy atom. The molecule has 1 aromatic carbocycles. The number of hydrogen-bond donors (Lipinski definition) is 0. The highest BCUT2D eigenvalue weighted by atomic mass is 16.5. The predicted octanol–water partition coefficient (Wildman–Crippen LogP) is 3.56. The summed E-state index contributed by atoms with van der Waals surface area (Å²) >= 11 is 0. The molecule has 0 aliphatic carbocycles. The molecule has 3 nitrogen and oxygen atoms in total. The largest absolute Gasteiger partial charge is 0.493 e. The molecule has 1 atom stereocenters. The SMILES string of the molecule is CCC1CCCCN1C(=O)CCOc1cccc(C)c1. The second-order valence-corrected chi connectivity index (χ2v) is 5.56. The van der Waals surface area contributed by atoms with E-state index in [1.165, 1.54) is 12.0 Å². The minimum absolute atomic E-state index is 0.240. The summed E-state index contributed by atoms with van der Waals surface area (Å²) < 4.78 is 5.67. The van der Waals surface area contributed by atoms with E-state index in [4.69, 9.17) is 4.74 Å². The molecule has 1 saturated heterocycles. The van der Waals surface area contributed by atoms with E-state index in [1.54, 1.807) is 0 Å². The monoisotopic (exact) mass is 275 g/mol. The average molecular weight is 275 g/mol. The lowest BCUT2D eigenvalue weighted by Gasteiger charge is -2.35. The first kappa shape index (κ1) is 14.9. The fraction of sp³-hybridized carbons (Fsp3) is 0.588. The van der Waals surface area contributed by atoms with Crippen LogP contribution in [0.25, 0.3) is 0 Å². The summed E-state index contributed by atoms with van der Waals surface area (Å²) in [6, 6.07) is 8.39. The molecule has 2 rings (SSSR count). The molecule has 20 heavy (non-hydrogen) atoms. The molecule has 1 aromatic rings. The molecule has 1 heterocycles. The minimum Gasteiger partial charge on any atom is -0.493 e. The molecule has 0 saturated carbocycles. The standard InChI is InChI=1S/C17H25NO2/c1-3-15-8-4-5-11-18(15)17(19)10-12-20-16-9-6-7-14(2)13-16/h6-7,9,13,15H,3-5,8,10-12H2,1-2H3. The van der Waals surface area contributed by atoms with Crippen molar-refractivity contribution in [3.63, 3.8) is 0 Å². The van der Waals surface area contributed by atoms with E-state index >= 15 is 0 Å². The van der Waals surface area contributed by atoms with Gasteiger partial charge in [0.25, 0.3) is 0 Å². The Kier molecular flexibility index (Phi) is 5.45. The number of carbonyl (C=O) groups excluding carboxylic acids is 1. The van der Waals surface area contributed by atoms with Gasteiger partial charge in [-0.1, -0.05) is 19.1 Å². The quantitative estimate of drug-likeness (QED) is 0.822. The molecule has 1 aliphatic rings. The number of amides is 1. The third-order valence-corrected chi connectivity index (χ3v) is 3.99. The fourth-order valence-electron chi connectivity index (χ4n) is 2.86. The molecule has 1 amide bonds. The highest BCUT2D eigenvalue weighted by Crippen LogP contribution is 2.20. The minimum atomic E-state index is 0.240. The van der Waals surface area contributed by atoms with E-state index in [0.29, 0.717) is 19.1 Å². The molecular formula is C17H25NO2. The van der Waals surface area contributed by atoms with Crippen LogP contribution in [0.15, 0.2) is 24.3 Å². The van der Waals surface area contributed by atoms with E-state index < -0.39 is 0 Å². The molecule has 110 valence electrons. The smallest absolute Gasteiger partial charge is 0.226 e. The number of benzene rings is 1. The maximum atomic E-state index is 12.3. The van der Waals surface area contributed by atoms with Gasteiger partial charge in [0.15, 0.2) is 0 Å². The normalized spacial score (nSPS) is 18.9. The van der Waals surface area contributed by atoms with Crippen molar-refractivity contribution in [1.29, 1.82) is 0 Å². The number of piperidine rings is 1. The third kappa shape index (κ3) is 3.99. The van der Waals surface area contributed by atoms with Crippen LogP contribution in [0.3, 0.4) is 0 Å². The number of likely N-dealkylation sites (tertiary alicyclic amines) is 1. The summed E-state index contributed by atoms with van der Waals surface area (Å²) in [5.41, 5.74) is 1.18. The highest BCUT2D eigenvalue weighted by molar-refractivity contribution is 5.76. The van der Waals surface area contributed by atoms with Gasteiger partial charge in [-0.25, -0.2) is 0 Å². The van der Waals surface area contributed by atoms with Gasteiger partial charge in [-0.15, -0.1) is 0 Å². The van der Waals surface area contributed by atoms with Crippen molar-refractivity contribution in [3.05, 3.63) is 29.8 Å². The average Bonchev–Trinajstić information content (AvgIpc) is 2.47. The van der Waals surface area contributed by atoms with Crippen LogP contribution in [-0.2, 0) is 4.79 Å². The zero-order valence-electron chi connectivity index (χ0n) is 12.6. The Bertz CT molecular complexity index is 444. The summed E-state index contributed by atoms with van der Waals surface area (Å²) in [6.07, 6.45) is 5.08. The number of hydrogen-bond acceptors (Lipinski definition) is 2. The molecule has 0 spiro atoms. The van der Waals surface area contributed by atoms with Crippen LogP contribution in [-0.4, -0.2) is 30.0 Å². The molecule has 3 heteroatoms. The van der Waals surface area contributed by atoms with Crippen molar-refractivity contribution in [1.82, 2.24) is 4.90 Å². The van der Waals surface area contributed by atoms with Gasteiger partial charge in [0.05, 0.1) is 13.0 Å². The van der Waals surface area contributed by atoms with Gasteiger partial charge in [-0.05, 0) is 50.3 Å². The molecule has 0 bridgehead atoms. The Hall–Kier alpha value is -1.51. The second kappa shape index (κ2) is 7.32. The molecule has 0 N–H and O–H groups in total. The van der Waals surface area contributed by atoms with Crippen LogP contribution >= 0.6 is 0 Å². The van der Waals surface area contributed by atoms with Crippen LogP contribution in [0.1, 0.15) is 44.6 Å². The van der Waals surface area contributed by atoms with Crippen LogP contribution in [0, 0.1) is 6.92 Å². The number of aryl methyl sites for hydroxylation is 1. The number of rotatable bonds is 5. The third-order valence-electron chi connectivity index (χ3n) is 3.99. The maximum absolute atomic E-state index is 12.3. The number of ether oxygens (including phenoxy) is 1. The summed E-state index contributed by atoms with van der Waals surface area (Å²) in [7, 11) is 0. The Morgan fingerprint density at radius 3 is 3.00 bits per heavy atom. The van der Waals surface area contributed by atoms with Crippen molar-refractivity contribution in [3.8, 4) is 5.75 Å². The van der Waals surface area contributed by atoms with Gasteiger partial charge >= 0.3 is 0 Å². The first-order valence-corrected chi connectivity index (χ1v) is 7.69. The Morgan fingerprint density at radius 2 is 2.25 bits per heavy atom. The number of carbonyl (C=O) groups is 1. The van der Waals surface area contributed by atoms with Crippen molar-refractivity contribution in [2.24, 2.45) is 0 Å². The van der Waals surface area contributed by atoms with Gasteiger partial charge in [0.1, 0.15) is 5.75 Å². The van der Waals surface area contributed by atoms with E-state index in [0.717, 1.165) is 31.6 Å². The van der Waals surface area contributed by atoms with E-state index in [2.05, 4.69) is 11.8 Å². The second-order valence-electron chi connectivity index (χ2n) is 5.56. The van der Waals surface area contributed by atoms with Crippen LogP contribution in [0.2, 0.25) is 0 Å².